The fourth-order valence-corrected chi connectivity index (χ4v) is 0.896. The Morgan fingerprint density at radius 2 is 1.78 bits per heavy atom. The molecule has 1 rings (SSSR count). The Kier molecular flexibility index (Phi) is 2.20. The second-order valence-corrected chi connectivity index (χ2v) is 2.80. The highest BCUT2D eigenvalue weighted by Gasteiger charge is 2.01. The number of aromatic nitrogens is 3. The molecule has 6 heteroatoms. The van der Waals surface area contributed by atoms with Crippen molar-refractivity contribution in [1.82, 2.24) is 15.0 Å². The summed E-state index contributed by atoms with van der Waals surface area (Å²) >= 11 is 6.21. The number of aliphatic hydroxyl groups is 1. The van der Waals surface area contributed by atoms with E-state index >= 15 is 0 Å². The summed E-state index contributed by atoms with van der Waals surface area (Å²) in [6.45, 7) is -0.204. The van der Waals surface area contributed by atoms with Crippen molar-refractivity contribution in [3.63, 3.8) is 0 Å². The zero-order valence-corrected chi connectivity index (χ0v) is 7.42. The summed E-state index contributed by atoms with van der Waals surface area (Å²) in [4.78, 5) is 1.16. The van der Waals surface area contributed by atoms with Crippen LogP contribution in [-0.2, 0) is 6.73 Å². The maximum Gasteiger partial charge on any atom is 0.162 e. The number of hydrogen-bond donors (Lipinski definition) is 1. The molecule has 0 aromatic carbocycles. The first-order valence-electron chi connectivity index (χ1n) is 2.11. The fourth-order valence-electron chi connectivity index (χ4n) is 0.371. The lowest BCUT2D eigenvalue weighted by atomic mass is 11.0. The van der Waals surface area contributed by atoms with Gasteiger partial charge in [-0.2, -0.15) is 4.80 Å². The van der Waals surface area contributed by atoms with Crippen LogP contribution in [0.15, 0.2) is 9.21 Å². The van der Waals surface area contributed by atoms with E-state index in [0.29, 0.717) is 9.21 Å². The highest BCUT2D eigenvalue weighted by Crippen LogP contribution is 2.16. The van der Waals surface area contributed by atoms with E-state index in [4.69, 9.17) is 5.11 Å². The fraction of sp³-hybridized carbons (Fsp3) is 0.333. The van der Waals surface area contributed by atoms with Crippen molar-refractivity contribution in [2.24, 2.45) is 0 Å². The molecule has 0 saturated carbocycles. The number of halogens is 2. The summed E-state index contributed by atoms with van der Waals surface area (Å²) in [5.74, 6) is 0. The van der Waals surface area contributed by atoms with Crippen molar-refractivity contribution in [3.05, 3.63) is 9.21 Å². The van der Waals surface area contributed by atoms with Crippen LogP contribution in [0.25, 0.3) is 0 Å². The Balaban J connectivity index is 2.98. The van der Waals surface area contributed by atoms with Gasteiger partial charge in [-0.05, 0) is 31.9 Å². The van der Waals surface area contributed by atoms with Crippen molar-refractivity contribution < 1.29 is 5.11 Å². The minimum atomic E-state index is -0.204. The van der Waals surface area contributed by atoms with E-state index in [0.717, 1.165) is 4.80 Å². The molecular weight excluding hydrogens is 254 g/mol. The third-order valence-corrected chi connectivity index (χ3v) is 2.30. The first-order chi connectivity index (χ1) is 4.24. The highest BCUT2D eigenvalue weighted by molar-refractivity contribution is 9.13. The van der Waals surface area contributed by atoms with Crippen molar-refractivity contribution in [1.29, 1.82) is 0 Å². The lowest BCUT2D eigenvalue weighted by Crippen LogP contribution is -2.00. The van der Waals surface area contributed by atoms with Crippen molar-refractivity contribution >= 4 is 31.9 Å². The van der Waals surface area contributed by atoms with Gasteiger partial charge in [0.05, 0.1) is 0 Å². The Hall–Kier alpha value is 0.0600. The van der Waals surface area contributed by atoms with Crippen LogP contribution in [0.2, 0.25) is 0 Å². The summed E-state index contributed by atoms with van der Waals surface area (Å²) in [5.41, 5.74) is 0. The van der Waals surface area contributed by atoms with E-state index in [9.17, 15) is 0 Å². The third-order valence-electron chi connectivity index (χ3n) is 0.703. The lowest BCUT2D eigenvalue weighted by molar-refractivity contribution is 0.177. The predicted octanol–water partition coefficient (Wildman–Crippen LogP) is 0.753. The summed E-state index contributed by atoms with van der Waals surface area (Å²) in [6, 6.07) is 0. The maximum absolute atomic E-state index is 8.47. The van der Waals surface area contributed by atoms with Gasteiger partial charge in [-0.25, -0.2) is 0 Å². The van der Waals surface area contributed by atoms with Gasteiger partial charge in [0.15, 0.2) is 15.9 Å². The highest BCUT2D eigenvalue weighted by atomic mass is 79.9. The van der Waals surface area contributed by atoms with Crippen LogP contribution in [0.4, 0.5) is 0 Å². The molecule has 50 valence electrons. The van der Waals surface area contributed by atoms with Crippen LogP contribution in [0.5, 0.6) is 0 Å². The van der Waals surface area contributed by atoms with Gasteiger partial charge in [0, 0.05) is 0 Å². The molecule has 0 radical (unpaired) electrons. The quantitative estimate of drug-likeness (QED) is 0.807. The van der Waals surface area contributed by atoms with Gasteiger partial charge >= 0.3 is 0 Å². The summed E-state index contributed by atoms with van der Waals surface area (Å²) in [5, 5.41) is 16.0. The molecule has 0 spiro atoms. The van der Waals surface area contributed by atoms with E-state index in [1.165, 1.54) is 0 Å². The van der Waals surface area contributed by atoms with Gasteiger partial charge in [0.2, 0.25) is 0 Å². The Labute approximate surface area is 68.1 Å². The second-order valence-electron chi connectivity index (χ2n) is 1.30. The van der Waals surface area contributed by atoms with Gasteiger partial charge in [-0.3, -0.25) is 0 Å². The summed E-state index contributed by atoms with van der Waals surface area (Å²) in [6.07, 6.45) is 0. The van der Waals surface area contributed by atoms with Gasteiger partial charge in [-0.15, -0.1) is 10.2 Å². The van der Waals surface area contributed by atoms with Crippen molar-refractivity contribution in [2.45, 2.75) is 6.73 Å². The lowest BCUT2D eigenvalue weighted by Gasteiger charge is -1.85. The molecule has 9 heavy (non-hydrogen) atoms. The van der Waals surface area contributed by atoms with Gasteiger partial charge in [0.25, 0.3) is 0 Å². The number of aliphatic hydroxyl groups excluding tert-OH is 1. The molecule has 0 bridgehead atoms. The topological polar surface area (TPSA) is 50.9 Å². The van der Waals surface area contributed by atoms with Gasteiger partial charge in [-0.1, -0.05) is 0 Å². The monoisotopic (exact) mass is 255 g/mol. The van der Waals surface area contributed by atoms with Crippen molar-refractivity contribution in [3.8, 4) is 0 Å². The molecule has 0 atom stereocenters. The Bertz CT molecular complexity index is 191. The summed E-state index contributed by atoms with van der Waals surface area (Å²) in [7, 11) is 0. The largest absolute Gasteiger partial charge is 0.373 e. The second kappa shape index (κ2) is 2.76. The molecular formula is C3H3Br2N3O. The minimum absolute atomic E-state index is 0.204. The van der Waals surface area contributed by atoms with E-state index in [1.807, 2.05) is 0 Å². The number of hydrogen-bond acceptors (Lipinski definition) is 3. The van der Waals surface area contributed by atoms with Crippen molar-refractivity contribution in [2.75, 3.05) is 0 Å². The third kappa shape index (κ3) is 1.50. The van der Waals surface area contributed by atoms with E-state index < -0.39 is 0 Å². The number of nitrogens with zero attached hydrogens (tertiary/aromatic N) is 3. The van der Waals surface area contributed by atoms with Gasteiger partial charge < -0.3 is 5.11 Å². The molecule has 1 heterocycles. The molecule has 0 aliphatic heterocycles. The Morgan fingerprint density at radius 3 is 2.00 bits per heavy atom. The zero-order valence-electron chi connectivity index (χ0n) is 4.25. The van der Waals surface area contributed by atoms with Crippen LogP contribution >= 0.6 is 31.9 Å². The van der Waals surface area contributed by atoms with Crippen LogP contribution in [0, 0.1) is 0 Å². The van der Waals surface area contributed by atoms with E-state index in [1.54, 1.807) is 0 Å². The molecule has 4 nitrogen and oxygen atoms in total. The van der Waals surface area contributed by atoms with Crippen LogP contribution < -0.4 is 0 Å². The van der Waals surface area contributed by atoms with Gasteiger partial charge in [0.1, 0.15) is 0 Å². The maximum atomic E-state index is 8.47. The molecule has 1 aromatic rings. The predicted molar refractivity (Wildman–Crippen MR) is 37.6 cm³/mol. The standard InChI is InChI=1S/C3H3Br2N3O/c4-2-3(5)7-8(1-9)6-2/h9H,1H2. The minimum Gasteiger partial charge on any atom is -0.373 e. The first kappa shape index (κ1) is 7.17. The smallest absolute Gasteiger partial charge is 0.162 e. The molecule has 0 fully saturated rings. The van der Waals surface area contributed by atoms with Crippen LogP contribution in [-0.4, -0.2) is 20.1 Å². The molecule has 0 aliphatic carbocycles. The molecule has 0 aliphatic rings. The first-order valence-corrected chi connectivity index (χ1v) is 3.69. The molecule has 0 unspecified atom stereocenters. The van der Waals surface area contributed by atoms with Crippen LogP contribution in [0.3, 0.4) is 0 Å². The zero-order chi connectivity index (χ0) is 6.85. The van der Waals surface area contributed by atoms with E-state index in [-0.39, 0.29) is 6.73 Å². The molecule has 1 aromatic heterocycles. The Morgan fingerprint density at radius 1 is 1.33 bits per heavy atom. The molecule has 0 saturated heterocycles. The van der Waals surface area contributed by atoms with Crippen LogP contribution in [0.1, 0.15) is 0 Å². The SMILES string of the molecule is OCn1nc(Br)c(Br)n1. The average Bonchev–Trinajstić information content (AvgIpc) is 2.13. The molecule has 0 amide bonds. The number of rotatable bonds is 1. The normalized spacial score (nSPS) is 10.1. The average molecular weight is 257 g/mol. The van der Waals surface area contributed by atoms with E-state index in [2.05, 4.69) is 42.1 Å². The molecule has 1 N–H and O–H groups in total. The summed E-state index contributed by atoms with van der Waals surface area (Å²) < 4.78 is 1.19.